The van der Waals surface area contributed by atoms with Crippen LogP contribution in [0.2, 0.25) is 0 Å². The van der Waals surface area contributed by atoms with Gasteiger partial charge in [-0.1, -0.05) is 23.5 Å². The van der Waals surface area contributed by atoms with E-state index in [1.165, 1.54) is 19.2 Å². The molecule has 2 amide bonds. The summed E-state index contributed by atoms with van der Waals surface area (Å²) in [4.78, 5) is 24.9. The lowest BCUT2D eigenvalue weighted by molar-refractivity contribution is 0.0950. The fraction of sp³-hybridized carbons (Fsp3) is 0.154. The van der Waals surface area contributed by atoms with Crippen molar-refractivity contribution in [1.29, 1.82) is 0 Å². The van der Waals surface area contributed by atoms with Gasteiger partial charge in [0.2, 0.25) is 5.01 Å². The van der Waals surface area contributed by atoms with Crippen LogP contribution in [0.4, 0.5) is 10.1 Å². The first kappa shape index (κ1) is 25.6. The van der Waals surface area contributed by atoms with Gasteiger partial charge in [0.15, 0.2) is 16.5 Å². The summed E-state index contributed by atoms with van der Waals surface area (Å²) in [5, 5.41) is 14.1. The molecule has 190 valence electrons. The Bertz CT molecular complexity index is 1390. The van der Waals surface area contributed by atoms with Gasteiger partial charge in [0.1, 0.15) is 18.2 Å². The molecular weight excluding hydrogens is 499 g/mol. The molecule has 0 saturated carbocycles. The molecule has 0 saturated heterocycles. The number of carbonyl (C=O) groups is 2. The lowest BCUT2D eigenvalue weighted by atomic mass is 10.1. The molecule has 0 spiro atoms. The quantitative estimate of drug-likeness (QED) is 0.316. The number of hydrogen-bond donors (Lipinski definition) is 2. The first-order valence-corrected chi connectivity index (χ1v) is 11.9. The second-order valence-corrected chi connectivity index (χ2v) is 8.71. The van der Waals surface area contributed by atoms with Gasteiger partial charge in [-0.05, 0) is 54.1 Å². The number of halogens is 1. The minimum absolute atomic E-state index is 0.125. The number of benzene rings is 3. The van der Waals surface area contributed by atoms with Gasteiger partial charge in [-0.25, -0.2) is 4.39 Å². The number of ether oxygens (including phenoxy) is 3. The summed E-state index contributed by atoms with van der Waals surface area (Å²) in [6, 6.07) is 17.6. The molecule has 1 aromatic heterocycles. The van der Waals surface area contributed by atoms with Crippen LogP contribution in [0.15, 0.2) is 66.7 Å². The molecule has 0 atom stereocenters. The van der Waals surface area contributed by atoms with Crippen molar-refractivity contribution < 1.29 is 28.2 Å². The van der Waals surface area contributed by atoms with Crippen LogP contribution in [0.5, 0.6) is 17.2 Å². The number of hydrogen-bond acceptors (Lipinski definition) is 8. The summed E-state index contributed by atoms with van der Waals surface area (Å²) in [5.74, 6) is 0.567. The predicted octanol–water partition coefficient (Wildman–Crippen LogP) is 4.46. The Morgan fingerprint density at radius 1 is 0.919 bits per heavy atom. The molecule has 1 heterocycles. The molecular formula is C26H23FN4O5S. The first-order chi connectivity index (χ1) is 17.9. The fourth-order valence-electron chi connectivity index (χ4n) is 3.28. The van der Waals surface area contributed by atoms with Crippen molar-refractivity contribution in [2.45, 2.75) is 13.2 Å². The Hall–Kier alpha value is -4.51. The lowest BCUT2D eigenvalue weighted by Gasteiger charge is -2.09. The second kappa shape index (κ2) is 12.0. The van der Waals surface area contributed by atoms with E-state index in [2.05, 4.69) is 20.8 Å². The zero-order valence-electron chi connectivity index (χ0n) is 20.0. The minimum atomic E-state index is -0.432. The van der Waals surface area contributed by atoms with Crippen molar-refractivity contribution in [3.8, 4) is 17.2 Å². The molecule has 0 fully saturated rings. The molecule has 0 radical (unpaired) electrons. The van der Waals surface area contributed by atoms with Crippen molar-refractivity contribution in [3.05, 3.63) is 93.7 Å². The van der Waals surface area contributed by atoms with Gasteiger partial charge in [-0.15, -0.1) is 10.2 Å². The Labute approximate surface area is 216 Å². The molecule has 0 aliphatic rings. The molecule has 3 aromatic carbocycles. The van der Waals surface area contributed by atoms with E-state index in [1.807, 2.05) is 0 Å². The molecule has 2 N–H and O–H groups in total. The average Bonchev–Trinajstić information content (AvgIpc) is 3.40. The number of methoxy groups -OCH3 is 2. The van der Waals surface area contributed by atoms with Crippen molar-refractivity contribution in [1.82, 2.24) is 15.5 Å². The standard InChI is InChI=1S/C26H23FN4O5S/c1-34-21-11-10-20(13-22(21)35-2)36-15-23-30-31-26(37-23)25(33)29-19-8-6-17(7-9-19)24(32)28-14-16-4-3-5-18(27)12-16/h3-13H,14-15H2,1-2H3,(H,28,32)(H,29,33). The maximum absolute atomic E-state index is 13.3. The number of nitrogens with one attached hydrogen (secondary N) is 2. The largest absolute Gasteiger partial charge is 0.493 e. The average molecular weight is 523 g/mol. The zero-order chi connectivity index (χ0) is 26.2. The van der Waals surface area contributed by atoms with Gasteiger partial charge in [-0.2, -0.15) is 0 Å². The van der Waals surface area contributed by atoms with Crippen LogP contribution in [0.25, 0.3) is 0 Å². The van der Waals surface area contributed by atoms with Crippen molar-refractivity contribution in [2.75, 3.05) is 19.5 Å². The van der Waals surface area contributed by atoms with Gasteiger partial charge in [0, 0.05) is 23.9 Å². The molecule has 0 aliphatic carbocycles. The molecule has 4 aromatic rings. The highest BCUT2D eigenvalue weighted by Crippen LogP contribution is 2.31. The maximum Gasteiger partial charge on any atom is 0.286 e. The third-order valence-corrected chi connectivity index (χ3v) is 6.02. The Kier molecular flexibility index (Phi) is 8.26. The van der Waals surface area contributed by atoms with Crippen LogP contribution in [0.3, 0.4) is 0 Å². The number of carbonyl (C=O) groups excluding carboxylic acids is 2. The molecule has 0 unspecified atom stereocenters. The van der Waals surface area contributed by atoms with Gasteiger partial charge in [0.25, 0.3) is 11.8 Å². The second-order valence-electron chi connectivity index (χ2n) is 7.65. The summed E-state index contributed by atoms with van der Waals surface area (Å²) >= 11 is 1.10. The van der Waals surface area contributed by atoms with Gasteiger partial charge in [0.05, 0.1) is 14.2 Å². The summed E-state index contributed by atoms with van der Waals surface area (Å²) in [5.41, 5.74) is 1.55. The molecule has 0 bridgehead atoms. The fourth-order valence-corrected chi connectivity index (χ4v) is 3.92. The van der Waals surface area contributed by atoms with E-state index in [9.17, 15) is 14.0 Å². The van der Waals surface area contributed by atoms with E-state index >= 15 is 0 Å². The Balaban J connectivity index is 1.29. The van der Waals surface area contributed by atoms with E-state index in [4.69, 9.17) is 14.2 Å². The third kappa shape index (κ3) is 6.79. The number of amides is 2. The summed E-state index contributed by atoms with van der Waals surface area (Å²) in [6.07, 6.45) is 0. The van der Waals surface area contributed by atoms with Gasteiger partial charge < -0.3 is 24.8 Å². The molecule has 9 nitrogen and oxygen atoms in total. The zero-order valence-corrected chi connectivity index (χ0v) is 20.8. The monoisotopic (exact) mass is 522 g/mol. The molecule has 37 heavy (non-hydrogen) atoms. The number of nitrogens with zero attached hydrogens (tertiary/aromatic N) is 2. The summed E-state index contributed by atoms with van der Waals surface area (Å²) in [6.45, 7) is 0.323. The van der Waals surface area contributed by atoms with Gasteiger partial charge >= 0.3 is 0 Å². The maximum atomic E-state index is 13.3. The van der Waals surface area contributed by atoms with Crippen molar-refractivity contribution >= 4 is 28.8 Å². The normalized spacial score (nSPS) is 10.5. The van der Waals surface area contributed by atoms with Crippen molar-refractivity contribution in [2.24, 2.45) is 0 Å². The van der Waals surface area contributed by atoms with Crippen LogP contribution in [0, 0.1) is 5.82 Å². The Morgan fingerprint density at radius 2 is 1.70 bits per heavy atom. The van der Waals surface area contributed by atoms with E-state index in [-0.39, 0.29) is 29.9 Å². The first-order valence-electron chi connectivity index (χ1n) is 11.1. The smallest absolute Gasteiger partial charge is 0.286 e. The van der Waals surface area contributed by atoms with Crippen LogP contribution < -0.4 is 24.8 Å². The number of rotatable bonds is 10. The summed E-state index contributed by atoms with van der Waals surface area (Å²) < 4.78 is 29.5. The van der Waals surface area contributed by atoms with Crippen LogP contribution in [-0.2, 0) is 13.2 Å². The van der Waals surface area contributed by atoms with E-state index in [0.29, 0.717) is 39.1 Å². The van der Waals surface area contributed by atoms with Crippen molar-refractivity contribution in [3.63, 3.8) is 0 Å². The van der Waals surface area contributed by atoms with E-state index < -0.39 is 5.91 Å². The molecule has 0 aliphatic heterocycles. The highest BCUT2D eigenvalue weighted by Gasteiger charge is 2.15. The van der Waals surface area contributed by atoms with Crippen LogP contribution in [0.1, 0.15) is 30.7 Å². The third-order valence-electron chi connectivity index (χ3n) is 5.13. The lowest BCUT2D eigenvalue weighted by Crippen LogP contribution is -2.22. The Morgan fingerprint density at radius 3 is 2.43 bits per heavy atom. The van der Waals surface area contributed by atoms with Gasteiger partial charge in [-0.3, -0.25) is 9.59 Å². The minimum Gasteiger partial charge on any atom is -0.493 e. The highest BCUT2D eigenvalue weighted by atomic mass is 32.1. The number of aromatic nitrogens is 2. The predicted molar refractivity (Wildman–Crippen MR) is 136 cm³/mol. The topological polar surface area (TPSA) is 112 Å². The molecule has 11 heteroatoms. The summed E-state index contributed by atoms with van der Waals surface area (Å²) in [7, 11) is 3.09. The van der Waals surface area contributed by atoms with Crippen LogP contribution >= 0.6 is 11.3 Å². The highest BCUT2D eigenvalue weighted by molar-refractivity contribution is 7.13. The molecule has 4 rings (SSSR count). The van der Waals surface area contributed by atoms with E-state index in [0.717, 1.165) is 11.3 Å². The van der Waals surface area contributed by atoms with Crippen LogP contribution in [-0.4, -0.2) is 36.2 Å². The van der Waals surface area contributed by atoms with E-state index in [1.54, 1.807) is 61.7 Å². The number of anilines is 1. The SMILES string of the molecule is COc1ccc(OCc2nnc(C(=O)Nc3ccc(C(=O)NCc4cccc(F)c4)cc3)s2)cc1OC.